The zero-order chi connectivity index (χ0) is 10.5. The lowest BCUT2D eigenvalue weighted by Gasteiger charge is -2.08. The predicted molar refractivity (Wildman–Crippen MR) is 61.7 cm³/mol. The van der Waals surface area contributed by atoms with Crippen LogP contribution in [0, 0.1) is 6.92 Å². The van der Waals surface area contributed by atoms with Gasteiger partial charge in [-0.15, -0.1) is 0 Å². The summed E-state index contributed by atoms with van der Waals surface area (Å²) in [4.78, 5) is 0. The molecule has 0 saturated carbocycles. The van der Waals surface area contributed by atoms with Crippen molar-refractivity contribution in [2.75, 3.05) is 0 Å². The zero-order valence-electron chi connectivity index (χ0n) is 8.52. The highest BCUT2D eigenvalue weighted by molar-refractivity contribution is 5.28. The van der Waals surface area contributed by atoms with Gasteiger partial charge in [-0.25, -0.2) is 0 Å². The van der Waals surface area contributed by atoms with Crippen molar-refractivity contribution in [3.05, 3.63) is 72.6 Å². The van der Waals surface area contributed by atoms with Gasteiger partial charge in [0.1, 0.15) is 6.61 Å². The largest absolute Gasteiger partial charge is 0.491 e. The molecule has 1 nitrogen and oxygen atoms in total. The van der Waals surface area contributed by atoms with E-state index in [1.165, 1.54) is 5.56 Å². The molecule has 2 aromatic carbocycles. The predicted octanol–water partition coefficient (Wildman–Crippen LogP) is 3.45. The molecule has 0 unspecified atom stereocenters. The van der Waals surface area contributed by atoms with Gasteiger partial charge in [0.15, 0.2) is 0 Å². The molecule has 0 radical (unpaired) electrons. The number of ether oxygens (including phenoxy) is 1. The summed E-state index contributed by atoms with van der Waals surface area (Å²) in [5.74, 6) is 0.881. The van der Waals surface area contributed by atoms with Gasteiger partial charge in [0, 0.05) is 0 Å². The number of rotatable bonds is 3. The van der Waals surface area contributed by atoms with E-state index in [0.717, 1.165) is 11.3 Å². The van der Waals surface area contributed by atoms with E-state index in [-0.39, 0.29) is 0 Å². The fourth-order valence-corrected chi connectivity index (χ4v) is 1.33. The van der Waals surface area contributed by atoms with Gasteiger partial charge >= 0.3 is 0 Å². The Hall–Kier alpha value is -1.89. The molecule has 76 valence electrons. The summed E-state index contributed by atoms with van der Waals surface area (Å²) in [5, 5.41) is 0. The highest BCUT2D eigenvalue weighted by Gasteiger charge is 1.91. The summed E-state index contributed by atoms with van der Waals surface area (Å²) in [6.45, 7) is 4.43. The normalized spacial score (nSPS) is 9.87. The van der Waals surface area contributed by atoms with E-state index < -0.39 is 0 Å². The maximum atomic E-state index is 5.62. The Kier molecular flexibility index (Phi) is 2.93. The van der Waals surface area contributed by atoms with Gasteiger partial charge < -0.3 is 4.74 Å². The van der Waals surface area contributed by atoms with Crippen molar-refractivity contribution in [1.82, 2.24) is 0 Å². The third-order valence-electron chi connectivity index (χ3n) is 2.17. The van der Waals surface area contributed by atoms with Crippen molar-refractivity contribution >= 4 is 0 Å². The molecule has 2 aromatic rings. The van der Waals surface area contributed by atoms with Gasteiger partial charge in [0.05, 0.1) is 5.75 Å². The minimum atomic E-state index is 0.608. The van der Waals surface area contributed by atoms with Crippen LogP contribution in [0.3, 0.4) is 0 Å². The van der Waals surface area contributed by atoms with Crippen molar-refractivity contribution in [2.24, 2.45) is 0 Å². The van der Waals surface area contributed by atoms with E-state index in [9.17, 15) is 0 Å². The van der Waals surface area contributed by atoms with Gasteiger partial charge in [-0.05, 0) is 5.56 Å². The Morgan fingerprint density at radius 1 is 0.867 bits per heavy atom. The summed E-state index contributed by atoms with van der Waals surface area (Å²) in [6, 6.07) is 17.9. The molecule has 0 bridgehead atoms. The maximum absolute atomic E-state index is 5.62. The van der Waals surface area contributed by atoms with Crippen molar-refractivity contribution in [3.8, 4) is 5.75 Å². The van der Waals surface area contributed by atoms with Crippen LogP contribution < -0.4 is 4.74 Å². The molecule has 0 saturated heterocycles. The van der Waals surface area contributed by atoms with Crippen LogP contribution in [0.2, 0.25) is 0 Å². The molecule has 2 rings (SSSR count). The molecule has 0 aliphatic rings. The molecule has 0 fully saturated rings. The molecule has 0 aliphatic carbocycles. The SMILES string of the molecule is [CH2-]c1ccc(OCc2ccccc2)cc1. The van der Waals surface area contributed by atoms with Gasteiger partial charge in [-0.1, -0.05) is 42.5 Å². The second kappa shape index (κ2) is 4.56. The third kappa shape index (κ3) is 2.78. The number of hydrogen-bond acceptors (Lipinski definition) is 1. The summed E-state index contributed by atoms with van der Waals surface area (Å²) in [6.07, 6.45) is 0. The second-order valence-electron chi connectivity index (χ2n) is 3.42. The van der Waals surface area contributed by atoms with E-state index >= 15 is 0 Å². The summed E-state index contributed by atoms with van der Waals surface area (Å²) < 4.78 is 5.62. The van der Waals surface area contributed by atoms with E-state index in [4.69, 9.17) is 4.74 Å². The fraction of sp³-hybridized carbons (Fsp3) is 0.0714. The minimum absolute atomic E-state index is 0.608. The van der Waals surface area contributed by atoms with Crippen LogP contribution in [0.15, 0.2) is 54.6 Å². The molecular weight excluding hydrogens is 184 g/mol. The topological polar surface area (TPSA) is 9.23 Å². The third-order valence-corrected chi connectivity index (χ3v) is 2.17. The first-order valence-corrected chi connectivity index (χ1v) is 4.93. The molecule has 1 heteroatoms. The quantitative estimate of drug-likeness (QED) is 0.685. The van der Waals surface area contributed by atoms with E-state index in [0.29, 0.717) is 6.61 Å². The summed E-state index contributed by atoms with van der Waals surface area (Å²) in [7, 11) is 0. The number of hydrogen-bond donors (Lipinski definition) is 0. The van der Waals surface area contributed by atoms with Crippen molar-refractivity contribution in [1.29, 1.82) is 0 Å². The average molecular weight is 197 g/mol. The smallest absolute Gasteiger partial charge is 0.113 e. The highest BCUT2D eigenvalue weighted by Crippen LogP contribution is 2.13. The molecule has 0 aliphatic heterocycles. The zero-order valence-corrected chi connectivity index (χ0v) is 8.52. The lowest BCUT2D eigenvalue weighted by Crippen LogP contribution is -1.94. The molecule has 0 atom stereocenters. The van der Waals surface area contributed by atoms with E-state index in [2.05, 4.69) is 19.1 Å². The first kappa shape index (κ1) is 9.66. The highest BCUT2D eigenvalue weighted by atomic mass is 16.5. The van der Waals surface area contributed by atoms with Gasteiger partial charge in [-0.3, -0.25) is 0 Å². The molecule has 0 N–H and O–H groups in total. The minimum Gasteiger partial charge on any atom is -0.491 e. The van der Waals surface area contributed by atoms with Crippen LogP contribution in [0.25, 0.3) is 0 Å². The Morgan fingerprint density at radius 2 is 1.53 bits per heavy atom. The molecule has 0 amide bonds. The first-order chi connectivity index (χ1) is 7.34. The fourth-order valence-electron chi connectivity index (χ4n) is 1.33. The molecule has 0 aromatic heterocycles. The van der Waals surface area contributed by atoms with Crippen LogP contribution in [-0.2, 0) is 6.61 Å². The van der Waals surface area contributed by atoms with Crippen LogP contribution >= 0.6 is 0 Å². The van der Waals surface area contributed by atoms with Crippen LogP contribution in [-0.4, -0.2) is 0 Å². The lowest BCUT2D eigenvalue weighted by molar-refractivity contribution is 0.306. The van der Waals surface area contributed by atoms with E-state index in [1.54, 1.807) is 0 Å². The standard InChI is InChI=1S/C14H13O/c1-12-7-9-14(10-8-12)15-11-13-5-3-2-4-6-13/h2-10H,1,11H2/q-1. The molecule has 0 spiro atoms. The maximum Gasteiger partial charge on any atom is 0.113 e. The van der Waals surface area contributed by atoms with Gasteiger partial charge in [0.2, 0.25) is 0 Å². The van der Waals surface area contributed by atoms with E-state index in [1.807, 2.05) is 42.5 Å². The van der Waals surface area contributed by atoms with Gasteiger partial charge in [0.25, 0.3) is 0 Å². The molecule has 15 heavy (non-hydrogen) atoms. The Balaban J connectivity index is 1.96. The number of benzene rings is 2. The summed E-state index contributed by atoms with van der Waals surface area (Å²) in [5.41, 5.74) is 2.18. The Bertz CT molecular complexity index is 403. The van der Waals surface area contributed by atoms with Gasteiger partial charge in [-0.2, -0.15) is 24.6 Å². The van der Waals surface area contributed by atoms with Crippen LogP contribution in [0.1, 0.15) is 11.1 Å². The lowest BCUT2D eigenvalue weighted by atomic mass is 10.2. The molecule has 0 heterocycles. The van der Waals surface area contributed by atoms with Crippen molar-refractivity contribution in [2.45, 2.75) is 6.61 Å². The summed E-state index contributed by atoms with van der Waals surface area (Å²) >= 11 is 0. The van der Waals surface area contributed by atoms with Crippen LogP contribution in [0.5, 0.6) is 5.75 Å². The second-order valence-corrected chi connectivity index (χ2v) is 3.42. The van der Waals surface area contributed by atoms with Crippen molar-refractivity contribution < 1.29 is 4.74 Å². The van der Waals surface area contributed by atoms with Crippen LogP contribution in [0.4, 0.5) is 0 Å². The Labute approximate surface area is 90.3 Å². The average Bonchev–Trinajstić information content (AvgIpc) is 2.30. The Morgan fingerprint density at radius 3 is 2.20 bits per heavy atom. The molecular formula is C14H13O-. The first-order valence-electron chi connectivity index (χ1n) is 4.93. The monoisotopic (exact) mass is 197 g/mol. The van der Waals surface area contributed by atoms with Crippen molar-refractivity contribution in [3.63, 3.8) is 0 Å².